The highest BCUT2D eigenvalue weighted by atomic mass is 15.3. The zero-order valence-corrected chi connectivity index (χ0v) is 12.2. The zero-order valence-electron chi connectivity index (χ0n) is 12.2. The molecule has 0 saturated heterocycles. The van der Waals surface area contributed by atoms with Crippen LogP contribution in [0.25, 0.3) is 0 Å². The molecule has 0 amide bonds. The van der Waals surface area contributed by atoms with E-state index in [4.69, 9.17) is 0 Å². The Labute approximate surface area is 119 Å². The molecule has 0 aliphatic rings. The number of aromatic nitrogens is 3. The van der Waals surface area contributed by atoms with Crippen LogP contribution in [0.15, 0.2) is 30.5 Å². The van der Waals surface area contributed by atoms with E-state index in [9.17, 15) is 0 Å². The van der Waals surface area contributed by atoms with Crippen molar-refractivity contribution in [3.8, 4) is 0 Å². The Hall–Kier alpha value is -2.17. The Kier molecular flexibility index (Phi) is 4.87. The Morgan fingerprint density at radius 3 is 2.60 bits per heavy atom. The summed E-state index contributed by atoms with van der Waals surface area (Å²) in [5.74, 6) is 1.91. The Bertz CT molecular complexity index is 536. The van der Waals surface area contributed by atoms with Crippen molar-refractivity contribution in [1.29, 1.82) is 0 Å². The number of nitrogens with one attached hydrogen (secondary N) is 2. The molecule has 2 rings (SSSR count). The van der Waals surface area contributed by atoms with Gasteiger partial charge in [-0.1, -0.05) is 31.5 Å². The molecule has 20 heavy (non-hydrogen) atoms. The van der Waals surface area contributed by atoms with Gasteiger partial charge in [-0.05, 0) is 31.4 Å². The number of rotatable bonds is 6. The van der Waals surface area contributed by atoms with Gasteiger partial charge in [-0.15, -0.1) is 5.10 Å². The lowest BCUT2D eigenvalue weighted by molar-refractivity contribution is 0.605. The highest BCUT2D eigenvalue weighted by Crippen LogP contribution is 2.15. The summed E-state index contributed by atoms with van der Waals surface area (Å²) in [6, 6.07) is 8.14. The first kappa shape index (κ1) is 14.2. The molecule has 0 bridgehead atoms. The summed E-state index contributed by atoms with van der Waals surface area (Å²) in [5.41, 5.74) is 2.22. The summed E-state index contributed by atoms with van der Waals surface area (Å²) < 4.78 is 0. The summed E-state index contributed by atoms with van der Waals surface area (Å²) in [7, 11) is 0. The Morgan fingerprint density at radius 1 is 1.15 bits per heavy atom. The number of hydrogen-bond acceptors (Lipinski definition) is 5. The van der Waals surface area contributed by atoms with Gasteiger partial charge in [0.25, 0.3) is 0 Å². The summed E-state index contributed by atoms with van der Waals surface area (Å²) in [5, 5.41) is 14.3. The van der Waals surface area contributed by atoms with Gasteiger partial charge in [0.2, 0.25) is 5.95 Å². The molecule has 1 aromatic carbocycles. The van der Waals surface area contributed by atoms with Gasteiger partial charge in [0.1, 0.15) is 0 Å². The predicted octanol–water partition coefficient (Wildman–Crippen LogP) is 3.38. The molecule has 0 atom stereocenters. The maximum atomic E-state index is 4.39. The topological polar surface area (TPSA) is 62.7 Å². The van der Waals surface area contributed by atoms with E-state index in [0.29, 0.717) is 17.7 Å². The number of nitrogens with zero attached hydrogens (tertiary/aromatic N) is 3. The molecule has 0 unspecified atom stereocenters. The molecule has 5 nitrogen and oxygen atoms in total. The summed E-state index contributed by atoms with van der Waals surface area (Å²) in [4.78, 5) is 4.39. The van der Waals surface area contributed by atoms with Crippen molar-refractivity contribution in [3.05, 3.63) is 36.0 Å². The minimum atomic E-state index is 0.558. The Morgan fingerprint density at radius 2 is 1.90 bits per heavy atom. The maximum absolute atomic E-state index is 4.39. The van der Waals surface area contributed by atoms with Crippen molar-refractivity contribution < 1.29 is 0 Å². The Balaban J connectivity index is 1.96. The fraction of sp³-hybridized carbons (Fsp3) is 0.400. The lowest BCUT2D eigenvalue weighted by Crippen LogP contribution is -2.09. The first-order valence-electron chi connectivity index (χ1n) is 6.91. The van der Waals surface area contributed by atoms with Gasteiger partial charge in [-0.25, -0.2) is 0 Å². The molecular formula is C15H21N5. The lowest BCUT2D eigenvalue weighted by Gasteiger charge is -2.08. The van der Waals surface area contributed by atoms with Crippen LogP contribution in [-0.4, -0.2) is 21.7 Å². The smallest absolute Gasteiger partial charge is 0.244 e. The highest BCUT2D eigenvalue weighted by Gasteiger charge is 2.01. The minimum Gasteiger partial charge on any atom is -0.353 e. The van der Waals surface area contributed by atoms with Crippen molar-refractivity contribution >= 4 is 17.5 Å². The SMILES string of the molecule is Cc1ccc(Nc2cnnc(NCCC(C)C)n2)cc1. The first-order chi connectivity index (χ1) is 9.63. The number of benzene rings is 1. The van der Waals surface area contributed by atoms with Crippen LogP contribution in [0.4, 0.5) is 17.5 Å². The van der Waals surface area contributed by atoms with Gasteiger partial charge >= 0.3 is 0 Å². The van der Waals surface area contributed by atoms with Gasteiger partial charge in [0.15, 0.2) is 5.82 Å². The van der Waals surface area contributed by atoms with Crippen molar-refractivity contribution in [2.45, 2.75) is 27.2 Å². The third-order valence-electron chi connectivity index (χ3n) is 2.89. The number of hydrogen-bond donors (Lipinski definition) is 2. The third kappa shape index (κ3) is 4.50. The van der Waals surface area contributed by atoms with Crippen molar-refractivity contribution in [1.82, 2.24) is 15.2 Å². The van der Waals surface area contributed by atoms with Crippen molar-refractivity contribution in [2.75, 3.05) is 17.2 Å². The van der Waals surface area contributed by atoms with Crippen LogP contribution in [0, 0.1) is 12.8 Å². The number of anilines is 3. The fourth-order valence-electron chi connectivity index (χ4n) is 1.70. The van der Waals surface area contributed by atoms with Gasteiger partial charge in [0, 0.05) is 12.2 Å². The highest BCUT2D eigenvalue weighted by molar-refractivity contribution is 5.56. The molecule has 0 radical (unpaired) electrons. The van der Waals surface area contributed by atoms with E-state index < -0.39 is 0 Å². The lowest BCUT2D eigenvalue weighted by atomic mass is 10.1. The summed E-state index contributed by atoms with van der Waals surface area (Å²) in [6.07, 6.45) is 2.70. The van der Waals surface area contributed by atoms with Crippen LogP contribution in [0.5, 0.6) is 0 Å². The van der Waals surface area contributed by atoms with E-state index in [-0.39, 0.29) is 0 Å². The fourth-order valence-corrected chi connectivity index (χ4v) is 1.70. The third-order valence-corrected chi connectivity index (χ3v) is 2.89. The molecule has 2 aromatic rings. The zero-order chi connectivity index (χ0) is 14.4. The second kappa shape index (κ2) is 6.84. The van der Waals surface area contributed by atoms with Gasteiger partial charge in [0.05, 0.1) is 6.20 Å². The molecule has 1 aromatic heterocycles. The van der Waals surface area contributed by atoms with Crippen LogP contribution in [0.1, 0.15) is 25.8 Å². The van der Waals surface area contributed by atoms with Crippen LogP contribution < -0.4 is 10.6 Å². The van der Waals surface area contributed by atoms with E-state index in [1.807, 2.05) is 12.1 Å². The summed E-state index contributed by atoms with van der Waals surface area (Å²) >= 11 is 0. The normalized spacial score (nSPS) is 10.6. The van der Waals surface area contributed by atoms with Crippen LogP contribution in [0.3, 0.4) is 0 Å². The minimum absolute atomic E-state index is 0.558. The van der Waals surface area contributed by atoms with Crippen molar-refractivity contribution in [3.63, 3.8) is 0 Å². The molecule has 1 heterocycles. The van der Waals surface area contributed by atoms with Crippen LogP contribution >= 0.6 is 0 Å². The number of aryl methyl sites for hydroxylation is 1. The second-order valence-corrected chi connectivity index (χ2v) is 5.27. The van der Waals surface area contributed by atoms with E-state index in [1.54, 1.807) is 6.20 Å². The molecule has 2 N–H and O–H groups in total. The molecule has 0 saturated carbocycles. The molecule has 106 valence electrons. The molecule has 0 spiro atoms. The van der Waals surface area contributed by atoms with Gasteiger partial charge < -0.3 is 10.6 Å². The molecular weight excluding hydrogens is 250 g/mol. The quantitative estimate of drug-likeness (QED) is 0.843. The molecule has 5 heteroatoms. The summed E-state index contributed by atoms with van der Waals surface area (Å²) in [6.45, 7) is 7.30. The van der Waals surface area contributed by atoms with E-state index in [1.165, 1.54) is 5.56 Å². The average Bonchev–Trinajstić information content (AvgIpc) is 2.41. The van der Waals surface area contributed by atoms with Gasteiger partial charge in [-0.2, -0.15) is 10.1 Å². The predicted molar refractivity (Wildman–Crippen MR) is 82.2 cm³/mol. The monoisotopic (exact) mass is 271 g/mol. The van der Waals surface area contributed by atoms with Gasteiger partial charge in [-0.3, -0.25) is 0 Å². The molecule has 0 aliphatic carbocycles. The largest absolute Gasteiger partial charge is 0.353 e. The van der Waals surface area contributed by atoms with E-state index in [0.717, 1.165) is 18.7 Å². The van der Waals surface area contributed by atoms with E-state index >= 15 is 0 Å². The van der Waals surface area contributed by atoms with Crippen LogP contribution in [0.2, 0.25) is 0 Å². The maximum Gasteiger partial charge on any atom is 0.244 e. The van der Waals surface area contributed by atoms with Crippen molar-refractivity contribution in [2.24, 2.45) is 5.92 Å². The van der Waals surface area contributed by atoms with Crippen LogP contribution in [-0.2, 0) is 0 Å². The standard InChI is InChI=1S/C15H21N5/c1-11(2)8-9-16-15-19-14(10-17-20-15)18-13-6-4-12(3)5-7-13/h4-7,10-11H,8-9H2,1-3H3,(H2,16,18,19,20). The second-order valence-electron chi connectivity index (χ2n) is 5.27. The molecule has 0 aliphatic heterocycles. The van der Waals surface area contributed by atoms with E-state index in [2.05, 4.69) is 58.7 Å². The molecule has 0 fully saturated rings. The average molecular weight is 271 g/mol. The first-order valence-corrected chi connectivity index (χ1v) is 6.91.